The average Bonchev–Trinajstić information content (AvgIpc) is 2.99. The summed E-state index contributed by atoms with van der Waals surface area (Å²) in [6.07, 6.45) is 1.60. The fourth-order valence-electron chi connectivity index (χ4n) is 2.27. The van der Waals surface area contributed by atoms with Crippen LogP contribution in [0.25, 0.3) is 0 Å². The molecule has 0 saturated heterocycles. The Morgan fingerprint density at radius 1 is 1.40 bits per heavy atom. The molecule has 0 aliphatic carbocycles. The fraction of sp³-hybridized carbons (Fsp3) is 0.471. The number of benzene rings is 1. The van der Waals surface area contributed by atoms with Gasteiger partial charge in [-0.05, 0) is 38.7 Å². The predicted octanol–water partition coefficient (Wildman–Crippen LogP) is 1.32. The Balaban J connectivity index is 1.80. The lowest BCUT2D eigenvalue weighted by molar-refractivity contribution is 0.236. The van der Waals surface area contributed by atoms with Crippen molar-refractivity contribution in [3.8, 4) is 5.75 Å². The summed E-state index contributed by atoms with van der Waals surface area (Å²) in [5.74, 6) is 1.50. The van der Waals surface area contributed by atoms with Crippen LogP contribution in [0.3, 0.4) is 0 Å². The first-order chi connectivity index (χ1) is 12.0. The molecule has 0 aliphatic heterocycles. The van der Waals surface area contributed by atoms with Gasteiger partial charge in [0.1, 0.15) is 18.7 Å². The number of likely N-dealkylation sites (N-methyl/N-ethyl adjacent to an activating group) is 1. The lowest BCUT2D eigenvalue weighted by Gasteiger charge is -2.14. The molecule has 0 radical (unpaired) electrons. The molecule has 0 fully saturated rings. The van der Waals surface area contributed by atoms with Crippen LogP contribution in [0.4, 0.5) is 4.79 Å². The number of nitrogens with zero attached hydrogens (tertiary/aromatic N) is 4. The number of carbonyl (C=O) groups excluding carboxylic acids is 1. The summed E-state index contributed by atoms with van der Waals surface area (Å²) in [4.78, 5) is 14.1. The summed E-state index contributed by atoms with van der Waals surface area (Å²) >= 11 is 0. The van der Waals surface area contributed by atoms with Gasteiger partial charge in [-0.1, -0.05) is 12.1 Å². The van der Waals surface area contributed by atoms with Gasteiger partial charge in [-0.2, -0.15) is 0 Å². The van der Waals surface area contributed by atoms with Crippen molar-refractivity contribution in [2.75, 3.05) is 27.2 Å². The molecular weight excluding hydrogens is 320 g/mol. The molecule has 0 aliphatic rings. The van der Waals surface area contributed by atoms with Crippen molar-refractivity contribution in [2.45, 2.75) is 19.5 Å². The summed E-state index contributed by atoms with van der Waals surface area (Å²) in [7, 11) is 5.85. The maximum Gasteiger partial charge on any atom is 0.315 e. The highest BCUT2D eigenvalue weighted by Crippen LogP contribution is 2.13. The standard InChI is InChI=1S/C17H26N6O2/c1-13(16-21-19-12-23(16)4)20-17(24)18-11-14-6-5-7-15(10-14)25-9-8-22(2)3/h5-7,10,12-13H,8-9,11H2,1-4H3,(H2,18,20,24). The van der Waals surface area contributed by atoms with Gasteiger partial charge in [-0.15, -0.1) is 10.2 Å². The largest absolute Gasteiger partial charge is 0.492 e. The van der Waals surface area contributed by atoms with Crippen LogP contribution < -0.4 is 15.4 Å². The zero-order chi connectivity index (χ0) is 18.2. The molecule has 1 unspecified atom stereocenters. The van der Waals surface area contributed by atoms with E-state index in [1.165, 1.54) is 0 Å². The minimum atomic E-state index is -0.255. The van der Waals surface area contributed by atoms with Crippen LogP contribution in [0.15, 0.2) is 30.6 Å². The van der Waals surface area contributed by atoms with Crippen molar-refractivity contribution in [3.63, 3.8) is 0 Å². The summed E-state index contributed by atoms with van der Waals surface area (Å²) in [6, 6.07) is 7.23. The van der Waals surface area contributed by atoms with Gasteiger partial charge in [-0.25, -0.2) is 4.79 Å². The van der Waals surface area contributed by atoms with Gasteiger partial charge < -0.3 is 24.8 Å². The first kappa shape index (κ1) is 18.7. The number of rotatable bonds is 8. The van der Waals surface area contributed by atoms with Crippen LogP contribution in [0.5, 0.6) is 5.75 Å². The molecule has 2 amide bonds. The highest BCUT2D eigenvalue weighted by molar-refractivity contribution is 5.74. The lowest BCUT2D eigenvalue weighted by atomic mass is 10.2. The van der Waals surface area contributed by atoms with Crippen molar-refractivity contribution in [1.29, 1.82) is 0 Å². The van der Waals surface area contributed by atoms with Gasteiger partial charge >= 0.3 is 6.03 Å². The molecule has 2 aromatic rings. The van der Waals surface area contributed by atoms with Crippen LogP contribution in [0, 0.1) is 0 Å². The van der Waals surface area contributed by atoms with Gasteiger partial charge in [0.15, 0.2) is 5.82 Å². The van der Waals surface area contributed by atoms with Gasteiger partial charge in [-0.3, -0.25) is 0 Å². The van der Waals surface area contributed by atoms with Crippen LogP contribution in [0.2, 0.25) is 0 Å². The van der Waals surface area contributed by atoms with Crippen molar-refractivity contribution in [2.24, 2.45) is 7.05 Å². The average molecular weight is 346 g/mol. The molecule has 136 valence electrons. The van der Waals surface area contributed by atoms with E-state index in [-0.39, 0.29) is 12.1 Å². The van der Waals surface area contributed by atoms with E-state index in [2.05, 4.69) is 25.7 Å². The number of hydrogen-bond donors (Lipinski definition) is 2. The second-order valence-electron chi connectivity index (χ2n) is 6.15. The van der Waals surface area contributed by atoms with Gasteiger partial charge in [0.25, 0.3) is 0 Å². The topological polar surface area (TPSA) is 84.3 Å². The number of urea groups is 1. The molecule has 1 aromatic heterocycles. The third kappa shape index (κ3) is 6.07. The number of hydrogen-bond acceptors (Lipinski definition) is 5. The predicted molar refractivity (Wildman–Crippen MR) is 95.3 cm³/mol. The monoisotopic (exact) mass is 346 g/mol. The third-order valence-electron chi connectivity index (χ3n) is 3.64. The lowest BCUT2D eigenvalue weighted by Crippen LogP contribution is -2.37. The van der Waals surface area contributed by atoms with E-state index in [9.17, 15) is 4.79 Å². The molecule has 0 saturated carbocycles. The van der Waals surface area contributed by atoms with Crippen LogP contribution in [-0.4, -0.2) is 52.9 Å². The molecule has 0 bridgehead atoms. The Labute approximate surface area is 148 Å². The number of aryl methyl sites for hydroxylation is 1. The molecule has 1 atom stereocenters. The van der Waals surface area contributed by atoms with Gasteiger partial charge in [0.2, 0.25) is 0 Å². The normalized spacial score (nSPS) is 12.0. The Morgan fingerprint density at radius 2 is 2.20 bits per heavy atom. The van der Waals surface area contributed by atoms with Gasteiger partial charge in [0, 0.05) is 20.1 Å². The molecule has 2 N–H and O–H groups in total. The van der Waals surface area contributed by atoms with Gasteiger partial charge in [0.05, 0.1) is 6.04 Å². The molecule has 1 aromatic carbocycles. The number of aromatic nitrogens is 3. The smallest absolute Gasteiger partial charge is 0.315 e. The van der Waals surface area contributed by atoms with E-state index in [1.807, 2.05) is 52.3 Å². The summed E-state index contributed by atoms with van der Waals surface area (Å²) in [5.41, 5.74) is 0.976. The van der Waals surface area contributed by atoms with E-state index < -0.39 is 0 Å². The summed E-state index contributed by atoms with van der Waals surface area (Å²) in [6.45, 7) is 3.76. The third-order valence-corrected chi connectivity index (χ3v) is 3.64. The van der Waals surface area contributed by atoms with E-state index >= 15 is 0 Å². The van der Waals surface area contributed by atoms with Crippen LogP contribution in [-0.2, 0) is 13.6 Å². The molecule has 2 rings (SSSR count). The molecule has 8 nitrogen and oxygen atoms in total. The number of amides is 2. The summed E-state index contributed by atoms with van der Waals surface area (Å²) in [5, 5.41) is 13.5. The Bertz CT molecular complexity index is 685. The van der Waals surface area contributed by atoms with Crippen LogP contribution >= 0.6 is 0 Å². The number of ether oxygens (including phenoxy) is 1. The van der Waals surface area contributed by atoms with E-state index in [0.717, 1.165) is 17.9 Å². The van der Waals surface area contributed by atoms with Crippen molar-refractivity contribution in [3.05, 3.63) is 42.0 Å². The Morgan fingerprint density at radius 3 is 2.88 bits per heavy atom. The zero-order valence-corrected chi connectivity index (χ0v) is 15.2. The second-order valence-corrected chi connectivity index (χ2v) is 6.15. The molecule has 25 heavy (non-hydrogen) atoms. The minimum absolute atomic E-state index is 0.229. The highest BCUT2D eigenvalue weighted by Gasteiger charge is 2.13. The maximum absolute atomic E-state index is 12.0. The van der Waals surface area contributed by atoms with E-state index in [4.69, 9.17) is 4.74 Å². The van der Waals surface area contributed by atoms with Crippen molar-refractivity contribution in [1.82, 2.24) is 30.3 Å². The molecular formula is C17H26N6O2. The van der Waals surface area contributed by atoms with E-state index in [1.54, 1.807) is 10.9 Å². The quantitative estimate of drug-likeness (QED) is 0.753. The second kappa shape index (κ2) is 9.03. The maximum atomic E-state index is 12.0. The Hall–Kier alpha value is -2.61. The molecule has 1 heterocycles. The first-order valence-electron chi connectivity index (χ1n) is 8.20. The fourth-order valence-corrected chi connectivity index (χ4v) is 2.27. The van der Waals surface area contributed by atoms with Crippen molar-refractivity contribution >= 4 is 6.03 Å². The SMILES string of the molecule is CC(NC(=O)NCc1cccc(OCCN(C)C)c1)c1nncn1C. The number of nitrogens with one attached hydrogen (secondary N) is 2. The number of carbonyl (C=O) groups is 1. The highest BCUT2D eigenvalue weighted by atomic mass is 16.5. The first-order valence-corrected chi connectivity index (χ1v) is 8.20. The van der Waals surface area contributed by atoms with Crippen molar-refractivity contribution < 1.29 is 9.53 Å². The minimum Gasteiger partial charge on any atom is -0.492 e. The molecule has 0 spiro atoms. The molecule has 8 heteroatoms. The summed E-state index contributed by atoms with van der Waals surface area (Å²) < 4.78 is 7.48. The Kier molecular flexibility index (Phi) is 6.76. The van der Waals surface area contributed by atoms with E-state index in [0.29, 0.717) is 19.0 Å². The van der Waals surface area contributed by atoms with Crippen LogP contribution in [0.1, 0.15) is 24.4 Å². The zero-order valence-electron chi connectivity index (χ0n) is 15.2.